The average Bonchev–Trinajstić information content (AvgIpc) is 3.59. The van der Waals surface area contributed by atoms with Gasteiger partial charge in [-0.1, -0.05) is 43.7 Å². The molecule has 1 saturated carbocycles. The molecule has 1 aromatic heterocycles. The van der Waals surface area contributed by atoms with E-state index in [0.29, 0.717) is 31.5 Å². The van der Waals surface area contributed by atoms with Crippen molar-refractivity contribution in [3.05, 3.63) is 11.9 Å². The molecule has 236 valence electrons. The van der Waals surface area contributed by atoms with Crippen LogP contribution >= 0.6 is 0 Å². The zero-order chi connectivity index (χ0) is 31.0. The van der Waals surface area contributed by atoms with Gasteiger partial charge in [0.1, 0.15) is 17.7 Å². The monoisotopic (exact) mass is 594 g/mol. The van der Waals surface area contributed by atoms with E-state index in [9.17, 15) is 34.5 Å². The molecular weight excluding hydrogens is 548 g/mol. The van der Waals surface area contributed by atoms with Crippen molar-refractivity contribution in [2.75, 3.05) is 13.1 Å². The molecule has 2 fully saturated rings. The fourth-order valence-corrected chi connectivity index (χ4v) is 6.06. The van der Waals surface area contributed by atoms with Crippen LogP contribution < -0.4 is 22.1 Å². The Morgan fingerprint density at radius 3 is 2.43 bits per heavy atom. The zero-order valence-electron chi connectivity index (χ0n) is 24.4. The lowest BCUT2D eigenvalue weighted by Crippen LogP contribution is -2.57. The van der Waals surface area contributed by atoms with Gasteiger partial charge in [0.05, 0.1) is 24.0 Å². The van der Waals surface area contributed by atoms with Gasteiger partial charge in [0, 0.05) is 13.0 Å². The number of unbranched alkanes of at least 4 members (excludes halogenated alkanes) is 1. The molecule has 2 aliphatic rings. The van der Waals surface area contributed by atoms with Gasteiger partial charge in [-0.2, -0.15) is 0 Å². The summed E-state index contributed by atoms with van der Waals surface area (Å²) in [6.45, 7) is 3.53. The van der Waals surface area contributed by atoms with Gasteiger partial charge in [0.2, 0.25) is 17.7 Å². The minimum Gasteiger partial charge on any atom is -0.465 e. The van der Waals surface area contributed by atoms with Crippen LogP contribution in [-0.2, 0) is 20.0 Å². The van der Waals surface area contributed by atoms with E-state index >= 15 is 0 Å². The smallest absolute Gasteiger partial charge is 0.405 e. The number of carbonyl (C=O) groups is 4. The maximum atomic E-state index is 14.0. The van der Waals surface area contributed by atoms with Crippen molar-refractivity contribution < 1.29 is 34.5 Å². The number of aliphatic hydroxyl groups is 2. The van der Waals surface area contributed by atoms with Crippen molar-refractivity contribution in [2.45, 2.75) is 114 Å². The summed E-state index contributed by atoms with van der Waals surface area (Å²) in [7, 11) is 0. The summed E-state index contributed by atoms with van der Waals surface area (Å²) < 4.78 is 1.48. The summed E-state index contributed by atoms with van der Waals surface area (Å²) >= 11 is 0. The first-order valence-electron chi connectivity index (χ1n) is 14.7. The molecule has 0 radical (unpaired) electrons. The van der Waals surface area contributed by atoms with Crippen molar-refractivity contribution >= 4 is 23.8 Å². The number of amides is 4. The SMILES string of the molecule is CC(C)(O)c1cnnn1[C@H]1C[C@@H](C(=O)NC(CCCCN)C(O)C(N)=O)N(C(=O)C(CC2CCCCC2)NC(=O)O)C1. The van der Waals surface area contributed by atoms with Gasteiger partial charge in [-0.15, -0.1) is 5.10 Å². The highest BCUT2D eigenvalue weighted by molar-refractivity contribution is 5.92. The number of hydrogen-bond acceptors (Lipinski definition) is 9. The molecule has 15 nitrogen and oxygen atoms in total. The maximum Gasteiger partial charge on any atom is 0.405 e. The molecule has 4 amide bonds. The number of nitrogens with one attached hydrogen (secondary N) is 2. The number of nitrogens with two attached hydrogens (primary N) is 2. The lowest BCUT2D eigenvalue weighted by atomic mass is 9.84. The number of aliphatic hydroxyl groups excluding tert-OH is 1. The fraction of sp³-hybridized carbons (Fsp3) is 0.778. The summed E-state index contributed by atoms with van der Waals surface area (Å²) in [6.07, 6.45) is 5.04. The van der Waals surface area contributed by atoms with E-state index < -0.39 is 59.7 Å². The van der Waals surface area contributed by atoms with Crippen LogP contribution in [0.3, 0.4) is 0 Å². The highest BCUT2D eigenvalue weighted by Gasteiger charge is 2.45. The second-order valence-electron chi connectivity index (χ2n) is 12.0. The van der Waals surface area contributed by atoms with Crippen LogP contribution in [0.15, 0.2) is 6.20 Å². The van der Waals surface area contributed by atoms with E-state index in [1.165, 1.54) is 15.8 Å². The van der Waals surface area contributed by atoms with Crippen LogP contribution in [-0.4, -0.2) is 96.3 Å². The number of hydrogen-bond donors (Lipinski definition) is 7. The van der Waals surface area contributed by atoms with Crippen LogP contribution in [0.2, 0.25) is 0 Å². The summed E-state index contributed by atoms with van der Waals surface area (Å²) in [4.78, 5) is 52.6. The predicted octanol–water partition coefficient (Wildman–Crippen LogP) is -0.286. The Hall–Kier alpha value is -3.30. The van der Waals surface area contributed by atoms with Crippen molar-refractivity contribution in [1.29, 1.82) is 0 Å². The minimum absolute atomic E-state index is 0.00202. The largest absolute Gasteiger partial charge is 0.465 e. The first-order valence-corrected chi connectivity index (χ1v) is 14.7. The first kappa shape index (κ1) is 33.2. The normalized spacial score (nSPS) is 21.9. The third-order valence-corrected chi connectivity index (χ3v) is 8.27. The third kappa shape index (κ3) is 8.61. The van der Waals surface area contributed by atoms with Crippen LogP contribution in [0.1, 0.15) is 89.8 Å². The summed E-state index contributed by atoms with van der Waals surface area (Å²) in [5.41, 5.74) is 9.97. The molecule has 1 aliphatic carbocycles. The number of carbonyl (C=O) groups excluding carboxylic acids is 3. The molecule has 3 unspecified atom stereocenters. The van der Waals surface area contributed by atoms with Crippen molar-refractivity contribution in [1.82, 2.24) is 30.5 Å². The Balaban J connectivity index is 1.92. The molecular formula is C27H46N8O7. The Labute approximate surface area is 245 Å². The van der Waals surface area contributed by atoms with Crippen LogP contribution in [0, 0.1) is 5.92 Å². The average molecular weight is 595 g/mol. The predicted molar refractivity (Wildman–Crippen MR) is 151 cm³/mol. The molecule has 0 bridgehead atoms. The van der Waals surface area contributed by atoms with E-state index in [1.807, 2.05) is 0 Å². The summed E-state index contributed by atoms with van der Waals surface area (Å²) in [6, 6.07) is -3.72. The van der Waals surface area contributed by atoms with E-state index in [0.717, 1.165) is 32.1 Å². The molecule has 42 heavy (non-hydrogen) atoms. The number of nitrogens with zero attached hydrogens (tertiary/aromatic N) is 4. The van der Waals surface area contributed by atoms with Crippen LogP contribution in [0.5, 0.6) is 0 Å². The van der Waals surface area contributed by atoms with Crippen LogP contribution in [0.4, 0.5) is 4.79 Å². The lowest BCUT2D eigenvalue weighted by Gasteiger charge is -2.32. The number of rotatable bonds is 14. The topological polar surface area (TPSA) is 239 Å². The molecule has 1 aliphatic heterocycles. The molecule has 5 atom stereocenters. The third-order valence-electron chi connectivity index (χ3n) is 8.27. The standard InChI is InChI=1S/C27H46N8O7/c1-27(2,42)21-14-30-33-35(21)17-13-20(24(38)31-18(10-6-7-11-28)22(36)23(29)37)34(15-17)25(39)19(32-26(40)41)12-16-8-4-3-5-9-16/h14,16-20,22,32,36,42H,3-13,15,28H2,1-2H3,(H2,29,37)(H,31,38)(H,40,41)/t17-,18?,19?,20-,22?/m0/s1. The van der Waals surface area contributed by atoms with Gasteiger partial charge < -0.3 is 42.3 Å². The molecule has 9 N–H and O–H groups in total. The van der Waals surface area contributed by atoms with E-state index in [-0.39, 0.29) is 25.3 Å². The molecule has 0 aromatic carbocycles. The summed E-state index contributed by atoms with van der Waals surface area (Å²) in [5, 5.41) is 43.7. The van der Waals surface area contributed by atoms with E-state index in [1.54, 1.807) is 13.8 Å². The van der Waals surface area contributed by atoms with Crippen LogP contribution in [0.25, 0.3) is 0 Å². The van der Waals surface area contributed by atoms with Crippen molar-refractivity contribution in [3.63, 3.8) is 0 Å². The van der Waals surface area contributed by atoms with Gasteiger partial charge in [0.15, 0.2) is 6.10 Å². The Morgan fingerprint density at radius 1 is 1.14 bits per heavy atom. The van der Waals surface area contributed by atoms with Crippen molar-refractivity contribution in [2.24, 2.45) is 17.4 Å². The molecule has 15 heteroatoms. The fourth-order valence-electron chi connectivity index (χ4n) is 6.06. The van der Waals surface area contributed by atoms with Gasteiger partial charge >= 0.3 is 6.09 Å². The van der Waals surface area contributed by atoms with Gasteiger partial charge in [-0.3, -0.25) is 14.4 Å². The summed E-state index contributed by atoms with van der Waals surface area (Å²) in [5.74, 6) is -2.01. The number of aromatic nitrogens is 3. The van der Waals surface area contributed by atoms with E-state index in [2.05, 4.69) is 20.9 Å². The zero-order valence-corrected chi connectivity index (χ0v) is 24.4. The second-order valence-corrected chi connectivity index (χ2v) is 12.0. The minimum atomic E-state index is -1.65. The Bertz CT molecular complexity index is 1080. The number of primary amides is 1. The molecule has 3 rings (SSSR count). The quantitative estimate of drug-likeness (QED) is 0.139. The number of likely N-dealkylation sites (tertiary alicyclic amines) is 1. The molecule has 0 spiro atoms. The van der Waals surface area contributed by atoms with E-state index in [4.69, 9.17) is 11.5 Å². The van der Waals surface area contributed by atoms with Gasteiger partial charge in [-0.25, -0.2) is 9.48 Å². The maximum absolute atomic E-state index is 14.0. The second kappa shape index (κ2) is 14.7. The molecule has 1 saturated heterocycles. The molecule has 2 heterocycles. The highest BCUT2D eigenvalue weighted by atomic mass is 16.4. The molecule has 1 aromatic rings. The highest BCUT2D eigenvalue weighted by Crippen LogP contribution is 2.33. The lowest BCUT2D eigenvalue weighted by molar-refractivity contribution is -0.141. The first-order chi connectivity index (χ1) is 19.8. The van der Waals surface area contributed by atoms with Gasteiger partial charge in [0.25, 0.3) is 0 Å². The number of carboxylic acid groups (broad SMARTS) is 1. The Morgan fingerprint density at radius 2 is 1.83 bits per heavy atom. The van der Waals surface area contributed by atoms with Crippen molar-refractivity contribution in [3.8, 4) is 0 Å². The van der Waals surface area contributed by atoms with Gasteiger partial charge in [-0.05, 0) is 45.6 Å². The Kier molecular flexibility index (Phi) is 11.7.